The first kappa shape index (κ1) is 23.6. The number of hydrogen-bond donors (Lipinski definition) is 1. The molecule has 4 rings (SSSR count). The number of nitrogens with two attached hydrogens (primary N) is 1. The maximum absolute atomic E-state index is 14.6. The van der Waals surface area contributed by atoms with Gasteiger partial charge < -0.3 is 15.2 Å². The predicted octanol–water partition coefficient (Wildman–Crippen LogP) is 5.87. The van der Waals surface area contributed by atoms with Crippen molar-refractivity contribution >= 4 is 5.84 Å². The van der Waals surface area contributed by atoms with E-state index in [1.807, 2.05) is 18.2 Å². The molecule has 1 aliphatic carbocycles. The summed E-state index contributed by atoms with van der Waals surface area (Å²) in [5.74, 6) is -0.817. The number of rotatable bonds is 4. The second-order valence-corrected chi connectivity index (χ2v) is 9.33. The van der Waals surface area contributed by atoms with Gasteiger partial charge in [-0.1, -0.05) is 12.1 Å². The third-order valence-electron chi connectivity index (χ3n) is 7.08. The number of ether oxygens (including phenoxy) is 2. The van der Waals surface area contributed by atoms with E-state index in [1.165, 1.54) is 17.7 Å². The summed E-state index contributed by atoms with van der Waals surface area (Å²) in [4.78, 5) is 4.30. The van der Waals surface area contributed by atoms with E-state index in [0.29, 0.717) is 13.0 Å². The average Bonchev–Trinajstić information content (AvgIpc) is 2.81. The monoisotopic (exact) mass is 454 g/mol. The van der Waals surface area contributed by atoms with Crippen LogP contribution in [0.15, 0.2) is 53.3 Å². The van der Waals surface area contributed by atoms with Gasteiger partial charge in [-0.25, -0.2) is 8.78 Å². The third-order valence-corrected chi connectivity index (χ3v) is 7.08. The second kappa shape index (κ2) is 10.1. The summed E-state index contributed by atoms with van der Waals surface area (Å²) < 4.78 is 39.6. The zero-order valence-electron chi connectivity index (χ0n) is 19.4. The van der Waals surface area contributed by atoms with Crippen LogP contribution >= 0.6 is 0 Å². The Labute approximate surface area is 194 Å². The highest BCUT2D eigenvalue weighted by atomic mass is 19.1. The number of hydrogen-bond acceptors (Lipinski definition) is 4. The molecule has 0 bridgehead atoms. The van der Waals surface area contributed by atoms with Crippen LogP contribution in [0.5, 0.6) is 0 Å². The molecule has 1 fully saturated rings. The minimum atomic E-state index is -0.447. The molecule has 0 amide bonds. The van der Waals surface area contributed by atoms with E-state index in [1.54, 1.807) is 20.3 Å². The number of allylic oxidation sites excluding steroid dienone is 1. The van der Waals surface area contributed by atoms with Crippen molar-refractivity contribution in [1.29, 1.82) is 0 Å². The van der Waals surface area contributed by atoms with Crippen molar-refractivity contribution in [3.8, 4) is 11.1 Å². The minimum Gasteiger partial charge on any atom is -0.382 e. The van der Waals surface area contributed by atoms with E-state index in [4.69, 9.17) is 15.2 Å². The van der Waals surface area contributed by atoms with Gasteiger partial charge in [0.25, 0.3) is 0 Å². The summed E-state index contributed by atoms with van der Waals surface area (Å²) in [6.45, 7) is 0.625. The van der Waals surface area contributed by atoms with Crippen LogP contribution in [0.4, 0.5) is 8.78 Å². The van der Waals surface area contributed by atoms with Crippen molar-refractivity contribution in [3.05, 3.63) is 70.8 Å². The highest BCUT2D eigenvalue weighted by Gasteiger charge is 2.35. The first-order valence-corrected chi connectivity index (χ1v) is 11.5. The first-order chi connectivity index (χ1) is 15.9. The molecule has 33 heavy (non-hydrogen) atoms. The van der Waals surface area contributed by atoms with Gasteiger partial charge in [0.05, 0.1) is 19.3 Å². The number of benzene rings is 2. The maximum atomic E-state index is 14.6. The number of aliphatic imine (C=N–C) groups is 1. The predicted molar refractivity (Wildman–Crippen MR) is 127 cm³/mol. The molecule has 6 heteroatoms. The minimum absolute atomic E-state index is 0.0370. The molecule has 2 aromatic rings. The zero-order valence-corrected chi connectivity index (χ0v) is 19.4. The number of fused-ring (bicyclic) bond motifs is 1. The fraction of sp³-hybridized carbons (Fsp3) is 0.444. The summed E-state index contributed by atoms with van der Waals surface area (Å²) in [6.07, 6.45) is 7.21. The van der Waals surface area contributed by atoms with Crippen LogP contribution in [0, 0.1) is 11.2 Å². The topological polar surface area (TPSA) is 56.8 Å². The molecule has 0 saturated heterocycles. The van der Waals surface area contributed by atoms with Crippen molar-refractivity contribution in [2.24, 2.45) is 16.1 Å². The molecular formula is C27H32F2N2O2. The highest BCUT2D eigenvalue weighted by molar-refractivity contribution is 5.94. The Morgan fingerprint density at radius 2 is 1.82 bits per heavy atom. The van der Waals surface area contributed by atoms with Gasteiger partial charge >= 0.3 is 0 Å². The van der Waals surface area contributed by atoms with Gasteiger partial charge in [0.1, 0.15) is 5.82 Å². The Morgan fingerprint density at radius 3 is 2.55 bits per heavy atom. The van der Waals surface area contributed by atoms with E-state index >= 15 is 0 Å². The standard InChI is InChI=1S/C27H32F2N2O2/c1-32-17-18-11-21(14-23(28)12-18)19-3-4-20-15-27(8-5-24(33-2)6-9-27)10-7-25(29)26(30)31-16-22(20)13-19/h3-4,7,11-14,24H,5-6,8-10,15-17H2,1-2H3,(H2,30,31). The average molecular weight is 455 g/mol. The molecule has 2 aliphatic rings. The largest absolute Gasteiger partial charge is 0.382 e. The van der Waals surface area contributed by atoms with Gasteiger partial charge in [0.15, 0.2) is 11.7 Å². The van der Waals surface area contributed by atoms with Crippen molar-refractivity contribution in [1.82, 2.24) is 0 Å². The van der Waals surface area contributed by atoms with Crippen molar-refractivity contribution in [2.75, 3.05) is 14.2 Å². The summed E-state index contributed by atoms with van der Waals surface area (Å²) >= 11 is 0. The fourth-order valence-electron chi connectivity index (χ4n) is 5.15. The van der Waals surface area contributed by atoms with Crippen LogP contribution in [0.25, 0.3) is 11.1 Å². The lowest BCUT2D eigenvalue weighted by atomic mass is 9.67. The lowest BCUT2D eigenvalue weighted by molar-refractivity contribution is 0.0270. The molecule has 2 aromatic carbocycles. The third kappa shape index (κ3) is 5.50. The summed E-state index contributed by atoms with van der Waals surface area (Å²) in [5.41, 5.74) is 10.5. The SMILES string of the molecule is COCc1cc(F)cc(-c2ccc3c(c2)CN=C(N)C(F)=CCC2(CCC(OC)CC2)C3)c1. The zero-order chi connectivity index (χ0) is 23.4. The van der Waals surface area contributed by atoms with Crippen LogP contribution in [0.2, 0.25) is 0 Å². The van der Waals surface area contributed by atoms with Gasteiger partial charge in [-0.2, -0.15) is 0 Å². The maximum Gasteiger partial charge on any atom is 0.160 e. The lowest BCUT2D eigenvalue weighted by Crippen LogP contribution is -2.33. The second-order valence-electron chi connectivity index (χ2n) is 9.33. The number of amidine groups is 1. The van der Waals surface area contributed by atoms with Gasteiger partial charge in [-0.3, -0.25) is 4.99 Å². The molecule has 176 valence electrons. The first-order valence-electron chi connectivity index (χ1n) is 11.5. The molecule has 0 unspecified atom stereocenters. The number of nitrogens with zero attached hydrogens (tertiary/aromatic N) is 1. The van der Waals surface area contributed by atoms with Crippen LogP contribution in [0.1, 0.15) is 48.8 Å². The van der Waals surface area contributed by atoms with Gasteiger partial charge in [-0.05, 0) is 102 Å². The van der Waals surface area contributed by atoms with Crippen molar-refractivity contribution in [3.63, 3.8) is 0 Å². The molecule has 1 aliphatic heterocycles. The van der Waals surface area contributed by atoms with E-state index in [-0.39, 0.29) is 29.7 Å². The molecule has 0 atom stereocenters. The quantitative estimate of drug-likeness (QED) is 0.628. The molecule has 1 spiro atoms. The Morgan fingerprint density at radius 1 is 1.03 bits per heavy atom. The Balaban J connectivity index is 1.73. The van der Waals surface area contributed by atoms with Crippen LogP contribution < -0.4 is 5.73 Å². The van der Waals surface area contributed by atoms with E-state index in [9.17, 15) is 8.78 Å². The number of halogens is 2. The fourth-order valence-corrected chi connectivity index (χ4v) is 5.15. The summed E-state index contributed by atoms with van der Waals surface area (Å²) in [6, 6.07) is 11.1. The van der Waals surface area contributed by atoms with Crippen LogP contribution in [-0.4, -0.2) is 26.2 Å². The molecular weight excluding hydrogens is 422 g/mol. The van der Waals surface area contributed by atoms with Crippen molar-refractivity contribution in [2.45, 2.75) is 57.8 Å². The Hall–Kier alpha value is -2.57. The lowest BCUT2D eigenvalue weighted by Gasteiger charge is -2.40. The van der Waals surface area contributed by atoms with E-state index in [2.05, 4.69) is 11.1 Å². The van der Waals surface area contributed by atoms with E-state index in [0.717, 1.165) is 54.4 Å². The summed E-state index contributed by atoms with van der Waals surface area (Å²) in [5, 5.41) is 0. The van der Waals surface area contributed by atoms with Crippen LogP contribution in [-0.2, 0) is 29.0 Å². The van der Waals surface area contributed by atoms with E-state index < -0.39 is 5.83 Å². The van der Waals surface area contributed by atoms with Crippen LogP contribution in [0.3, 0.4) is 0 Å². The van der Waals surface area contributed by atoms with Crippen molar-refractivity contribution < 1.29 is 18.3 Å². The molecule has 2 N–H and O–H groups in total. The molecule has 1 saturated carbocycles. The van der Waals surface area contributed by atoms with Gasteiger partial charge in [0, 0.05) is 14.2 Å². The Bertz CT molecular complexity index is 1060. The number of methoxy groups -OCH3 is 2. The van der Waals surface area contributed by atoms with Gasteiger partial charge in [-0.15, -0.1) is 0 Å². The molecule has 0 aromatic heterocycles. The molecule has 1 heterocycles. The highest BCUT2D eigenvalue weighted by Crippen LogP contribution is 2.44. The molecule has 0 radical (unpaired) electrons. The Kier molecular flexibility index (Phi) is 7.25. The van der Waals surface area contributed by atoms with Gasteiger partial charge in [0.2, 0.25) is 0 Å². The smallest absolute Gasteiger partial charge is 0.160 e. The normalized spacial score (nSPS) is 23.6. The molecule has 4 nitrogen and oxygen atoms in total. The summed E-state index contributed by atoms with van der Waals surface area (Å²) in [7, 11) is 3.35.